The number of para-hydroxylation sites is 1. The summed E-state index contributed by atoms with van der Waals surface area (Å²) in [6.45, 7) is 3.88. The van der Waals surface area contributed by atoms with E-state index in [9.17, 15) is 9.59 Å². The zero-order chi connectivity index (χ0) is 16.8. The van der Waals surface area contributed by atoms with Crippen LogP contribution in [0.25, 0.3) is 0 Å². The SMILES string of the molecule is Cc1ccc(C)c(NC(=O)CN(C)C(=O)Nc2ccccc2)c1. The molecule has 2 N–H and O–H groups in total. The van der Waals surface area contributed by atoms with E-state index in [-0.39, 0.29) is 18.5 Å². The molecular weight excluding hydrogens is 290 g/mol. The number of carbonyl (C=O) groups is 2. The largest absolute Gasteiger partial charge is 0.324 e. The van der Waals surface area contributed by atoms with Crippen LogP contribution in [0.2, 0.25) is 0 Å². The van der Waals surface area contributed by atoms with E-state index in [4.69, 9.17) is 0 Å². The van der Waals surface area contributed by atoms with Crippen molar-refractivity contribution in [1.82, 2.24) is 4.90 Å². The van der Waals surface area contributed by atoms with Crippen molar-refractivity contribution in [2.75, 3.05) is 24.2 Å². The smallest absolute Gasteiger partial charge is 0.322 e. The van der Waals surface area contributed by atoms with Gasteiger partial charge in [0.05, 0.1) is 0 Å². The molecule has 23 heavy (non-hydrogen) atoms. The first-order valence-corrected chi connectivity index (χ1v) is 7.40. The van der Waals surface area contributed by atoms with Gasteiger partial charge in [-0.2, -0.15) is 0 Å². The summed E-state index contributed by atoms with van der Waals surface area (Å²) < 4.78 is 0. The lowest BCUT2D eigenvalue weighted by molar-refractivity contribution is -0.116. The Hall–Kier alpha value is -2.82. The van der Waals surface area contributed by atoms with Crippen LogP contribution >= 0.6 is 0 Å². The number of likely N-dealkylation sites (N-methyl/N-ethyl adjacent to an activating group) is 1. The highest BCUT2D eigenvalue weighted by atomic mass is 16.2. The summed E-state index contributed by atoms with van der Waals surface area (Å²) in [5.74, 6) is -0.232. The van der Waals surface area contributed by atoms with Gasteiger partial charge in [-0.1, -0.05) is 30.3 Å². The Morgan fingerprint density at radius 2 is 1.70 bits per heavy atom. The maximum Gasteiger partial charge on any atom is 0.322 e. The van der Waals surface area contributed by atoms with Crippen LogP contribution in [0.3, 0.4) is 0 Å². The van der Waals surface area contributed by atoms with Crippen molar-refractivity contribution in [3.63, 3.8) is 0 Å². The number of carbonyl (C=O) groups excluding carboxylic acids is 2. The molecule has 0 radical (unpaired) electrons. The lowest BCUT2D eigenvalue weighted by Gasteiger charge is -2.18. The predicted molar refractivity (Wildman–Crippen MR) is 92.6 cm³/mol. The molecule has 0 aliphatic carbocycles. The van der Waals surface area contributed by atoms with E-state index >= 15 is 0 Å². The van der Waals surface area contributed by atoms with Gasteiger partial charge >= 0.3 is 6.03 Å². The van der Waals surface area contributed by atoms with Gasteiger partial charge in [0.2, 0.25) is 5.91 Å². The van der Waals surface area contributed by atoms with Crippen LogP contribution in [0.5, 0.6) is 0 Å². The van der Waals surface area contributed by atoms with Crippen LogP contribution in [0, 0.1) is 13.8 Å². The monoisotopic (exact) mass is 311 g/mol. The van der Waals surface area contributed by atoms with Gasteiger partial charge in [0, 0.05) is 18.4 Å². The van der Waals surface area contributed by atoms with Crippen LogP contribution < -0.4 is 10.6 Å². The molecule has 0 aliphatic heterocycles. The second-order valence-electron chi connectivity index (χ2n) is 5.52. The van der Waals surface area contributed by atoms with Crippen LogP contribution in [-0.2, 0) is 4.79 Å². The summed E-state index contributed by atoms with van der Waals surface area (Å²) in [6, 6.07) is 14.7. The van der Waals surface area contributed by atoms with E-state index < -0.39 is 0 Å². The van der Waals surface area contributed by atoms with E-state index in [2.05, 4.69) is 10.6 Å². The molecule has 2 rings (SSSR count). The number of hydrogen-bond donors (Lipinski definition) is 2. The summed E-state index contributed by atoms with van der Waals surface area (Å²) in [5.41, 5.74) is 3.52. The van der Waals surface area contributed by atoms with E-state index in [0.29, 0.717) is 5.69 Å². The van der Waals surface area contributed by atoms with Crippen LogP contribution in [0.15, 0.2) is 48.5 Å². The van der Waals surface area contributed by atoms with E-state index in [1.807, 2.05) is 50.2 Å². The van der Waals surface area contributed by atoms with Gasteiger partial charge in [-0.15, -0.1) is 0 Å². The maximum absolute atomic E-state index is 12.1. The molecule has 120 valence electrons. The number of nitrogens with zero attached hydrogens (tertiary/aromatic N) is 1. The Kier molecular flexibility index (Phi) is 5.36. The zero-order valence-corrected chi connectivity index (χ0v) is 13.6. The fourth-order valence-corrected chi connectivity index (χ4v) is 2.09. The molecule has 0 heterocycles. The molecule has 5 nitrogen and oxygen atoms in total. The van der Waals surface area contributed by atoms with Gasteiger partial charge < -0.3 is 15.5 Å². The maximum atomic E-state index is 12.1. The first-order chi connectivity index (χ1) is 11.0. The second kappa shape index (κ2) is 7.45. The number of anilines is 2. The Morgan fingerprint density at radius 1 is 1.00 bits per heavy atom. The van der Waals surface area contributed by atoms with Crippen molar-refractivity contribution in [2.24, 2.45) is 0 Å². The minimum absolute atomic E-state index is 0.0218. The van der Waals surface area contributed by atoms with Crippen LogP contribution in [-0.4, -0.2) is 30.4 Å². The standard InChI is InChI=1S/C18H21N3O2/c1-13-9-10-14(2)16(11-13)20-17(22)12-21(3)18(23)19-15-7-5-4-6-8-15/h4-11H,12H2,1-3H3,(H,19,23)(H,20,22). The molecule has 2 aromatic carbocycles. The molecule has 3 amide bonds. The molecule has 0 unspecified atom stereocenters. The number of benzene rings is 2. The minimum Gasteiger partial charge on any atom is -0.324 e. The van der Waals surface area contributed by atoms with E-state index in [1.54, 1.807) is 19.2 Å². The molecule has 0 aliphatic rings. The van der Waals surface area contributed by atoms with Crippen molar-refractivity contribution in [3.8, 4) is 0 Å². The van der Waals surface area contributed by atoms with Crippen molar-refractivity contribution in [1.29, 1.82) is 0 Å². The molecule has 0 bridgehead atoms. The normalized spacial score (nSPS) is 10.0. The van der Waals surface area contributed by atoms with Crippen LogP contribution in [0.4, 0.5) is 16.2 Å². The van der Waals surface area contributed by atoms with E-state index in [0.717, 1.165) is 16.8 Å². The minimum atomic E-state index is -0.327. The van der Waals surface area contributed by atoms with Crippen molar-refractivity contribution >= 4 is 23.3 Å². The third kappa shape index (κ3) is 4.85. The quantitative estimate of drug-likeness (QED) is 0.909. The topological polar surface area (TPSA) is 61.4 Å². The van der Waals surface area contributed by atoms with Crippen molar-refractivity contribution in [3.05, 3.63) is 59.7 Å². The van der Waals surface area contributed by atoms with Crippen molar-refractivity contribution < 1.29 is 9.59 Å². The third-order valence-electron chi connectivity index (χ3n) is 3.42. The van der Waals surface area contributed by atoms with Gasteiger partial charge in [0.1, 0.15) is 6.54 Å². The first kappa shape index (κ1) is 16.5. The predicted octanol–water partition coefficient (Wildman–Crippen LogP) is 3.41. The molecule has 2 aromatic rings. The highest BCUT2D eigenvalue weighted by Gasteiger charge is 2.13. The Balaban J connectivity index is 1.91. The number of nitrogens with one attached hydrogen (secondary N) is 2. The number of aryl methyl sites for hydroxylation is 2. The van der Waals surface area contributed by atoms with Gasteiger partial charge in [0.25, 0.3) is 0 Å². The van der Waals surface area contributed by atoms with E-state index in [1.165, 1.54) is 4.90 Å². The number of amides is 3. The van der Waals surface area contributed by atoms with Gasteiger partial charge in [-0.3, -0.25) is 4.79 Å². The Labute approximate surface area is 136 Å². The zero-order valence-electron chi connectivity index (χ0n) is 13.6. The Morgan fingerprint density at radius 3 is 2.39 bits per heavy atom. The lowest BCUT2D eigenvalue weighted by Crippen LogP contribution is -2.37. The molecular formula is C18H21N3O2. The molecule has 5 heteroatoms. The average Bonchev–Trinajstić information content (AvgIpc) is 2.51. The number of urea groups is 1. The lowest BCUT2D eigenvalue weighted by atomic mass is 10.1. The fourth-order valence-electron chi connectivity index (χ4n) is 2.09. The van der Waals surface area contributed by atoms with Crippen LogP contribution in [0.1, 0.15) is 11.1 Å². The van der Waals surface area contributed by atoms with Gasteiger partial charge in [-0.05, 0) is 43.2 Å². The fraction of sp³-hybridized carbons (Fsp3) is 0.222. The summed E-state index contributed by atoms with van der Waals surface area (Å²) in [5, 5.41) is 5.58. The molecule has 0 saturated carbocycles. The van der Waals surface area contributed by atoms with Crippen molar-refractivity contribution in [2.45, 2.75) is 13.8 Å². The first-order valence-electron chi connectivity index (χ1n) is 7.40. The molecule has 0 aromatic heterocycles. The highest BCUT2D eigenvalue weighted by molar-refractivity contribution is 5.97. The second-order valence-corrected chi connectivity index (χ2v) is 5.52. The summed E-state index contributed by atoms with van der Waals surface area (Å²) >= 11 is 0. The summed E-state index contributed by atoms with van der Waals surface area (Å²) in [6.07, 6.45) is 0. The van der Waals surface area contributed by atoms with Gasteiger partial charge in [0.15, 0.2) is 0 Å². The average molecular weight is 311 g/mol. The molecule has 0 fully saturated rings. The molecule has 0 spiro atoms. The summed E-state index contributed by atoms with van der Waals surface area (Å²) in [7, 11) is 1.58. The Bertz CT molecular complexity index is 699. The number of rotatable bonds is 4. The highest BCUT2D eigenvalue weighted by Crippen LogP contribution is 2.16. The third-order valence-corrected chi connectivity index (χ3v) is 3.42. The number of hydrogen-bond acceptors (Lipinski definition) is 2. The molecule has 0 atom stereocenters. The summed E-state index contributed by atoms with van der Waals surface area (Å²) in [4.78, 5) is 25.5. The van der Waals surface area contributed by atoms with Gasteiger partial charge in [-0.25, -0.2) is 4.79 Å². The molecule has 0 saturated heterocycles.